The van der Waals surface area contributed by atoms with Gasteiger partial charge < -0.3 is 41.2 Å². The number of aliphatic hydroxyl groups excluding tert-OH is 1. The number of benzene rings is 1. The summed E-state index contributed by atoms with van der Waals surface area (Å²) in [5.74, 6) is 0.944. The van der Waals surface area contributed by atoms with Crippen molar-refractivity contribution < 1.29 is 24.5 Å². The highest BCUT2D eigenvalue weighted by Crippen LogP contribution is 2.27. The maximum Gasteiger partial charge on any atom is 0.320 e. The van der Waals surface area contributed by atoms with E-state index in [-0.39, 0.29) is 11.9 Å². The van der Waals surface area contributed by atoms with Gasteiger partial charge in [-0.1, -0.05) is 38.3 Å². The summed E-state index contributed by atoms with van der Waals surface area (Å²) in [6.07, 6.45) is 7.98. The summed E-state index contributed by atoms with van der Waals surface area (Å²) in [7, 11) is 1.70. The highest BCUT2D eigenvalue weighted by molar-refractivity contribution is 5.87. The van der Waals surface area contributed by atoms with Crippen LogP contribution in [0, 0.1) is 0 Å². The third-order valence-electron chi connectivity index (χ3n) is 9.03. The van der Waals surface area contributed by atoms with Crippen LogP contribution in [0.2, 0.25) is 0 Å². The molecule has 14 heteroatoms. The van der Waals surface area contributed by atoms with Gasteiger partial charge in [0.15, 0.2) is 5.82 Å². The Balaban J connectivity index is 1.21. The van der Waals surface area contributed by atoms with Gasteiger partial charge in [-0.3, -0.25) is 19.8 Å². The Hall–Kier alpha value is -3.98. The molecule has 2 aromatic heterocycles. The highest BCUT2D eigenvalue weighted by atomic mass is 16.5. The first kappa shape index (κ1) is 37.8. The molecular formula is C35H55N9O5. The number of nitrogens with two attached hydrogens (primary N) is 2. The van der Waals surface area contributed by atoms with Crippen LogP contribution in [0.1, 0.15) is 75.8 Å². The highest BCUT2D eigenvalue weighted by Gasteiger charge is 2.22. The molecule has 1 unspecified atom stereocenters. The number of nitrogens with one attached hydrogen (secondary N) is 2. The van der Waals surface area contributed by atoms with E-state index >= 15 is 0 Å². The molecule has 0 aliphatic carbocycles. The lowest BCUT2D eigenvalue weighted by molar-refractivity contribution is -0.138. The first-order valence-electron chi connectivity index (χ1n) is 17.6. The number of nitrogens with zero attached hydrogens (tertiary/aromatic N) is 5. The Morgan fingerprint density at radius 2 is 1.78 bits per heavy atom. The molecule has 3 aromatic rings. The van der Waals surface area contributed by atoms with Gasteiger partial charge in [0.1, 0.15) is 23.5 Å². The fourth-order valence-corrected chi connectivity index (χ4v) is 6.16. The number of ether oxygens (including phenoxy) is 1. The zero-order valence-corrected chi connectivity index (χ0v) is 29.1. The van der Waals surface area contributed by atoms with Gasteiger partial charge in [0, 0.05) is 57.4 Å². The number of rotatable bonds is 21. The number of carboxylic acids is 1. The van der Waals surface area contributed by atoms with Gasteiger partial charge >= 0.3 is 5.97 Å². The Labute approximate surface area is 289 Å². The van der Waals surface area contributed by atoms with Crippen molar-refractivity contribution in [3.63, 3.8) is 0 Å². The topological polar surface area (TPSA) is 197 Å². The van der Waals surface area contributed by atoms with Crippen molar-refractivity contribution in [2.24, 2.45) is 5.73 Å². The number of nitrogen functional groups attached to an aromatic ring is 1. The summed E-state index contributed by atoms with van der Waals surface area (Å²) in [6, 6.07) is 7.48. The molecule has 1 fully saturated rings. The monoisotopic (exact) mass is 681 g/mol. The number of methoxy groups -OCH3 is 1. The maximum atomic E-state index is 12.8. The number of unbranched alkanes of at least 4 members (excludes halogenated alkanes) is 3. The number of carboxylic acid groups (broad SMARTS) is 1. The van der Waals surface area contributed by atoms with Gasteiger partial charge in [0.2, 0.25) is 11.9 Å². The third kappa shape index (κ3) is 11.6. The van der Waals surface area contributed by atoms with Crippen LogP contribution >= 0.6 is 0 Å². The van der Waals surface area contributed by atoms with Gasteiger partial charge in [-0.2, -0.15) is 4.98 Å². The number of fused-ring (bicyclic) bond motifs is 1. The van der Waals surface area contributed by atoms with Gasteiger partial charge in [-0.25, -0.2) is 4.98 Å². The molecular weight excluding hydrogens is 626 g/mol. The molecule has 49 heavy (non-hydrogen) atoms. The van der Waals surface area contributed by atoms with E-state index < -0.39 is 18.2 Å². The first-order valence-corrected chi connectivity index (χ1v) is 17.6. The number of carbonyl (C=O) groups excluding carboxylic acids is 1. The van der Waals surface area contributed by atoms with Gasteiger partial charge in [-0.05, 0) is 56.3 Å². The third-order valence-corrected chi connectivity index (χ3v) is 9.03. The van der Waals surface area contributed by atoms with E-state index in [1.54, 1.807) is 7.11 Å². The molecule has 1 aliphatic rings. The zero-order chi connectivity index (χ0) is 35.2. The van der Waals surface area contributed by atoms with Crippen molar-refractivity contribution in [2.75, 3.05) is 57.4 Å². The van der Waals surface area contributed by atoms with Crippen molar-refractivity contribution in [2.45, 2.75) is 90.1 Å². The van der Waals surface area contributed by atoms with Crippen molar-refractivity contribution >= 4 is 34.7 Å². The lowest BCUT2D eigenvalue weighted by Gasteiger charge is -2.35. The zero-order valence-electron chi connectivity index (χ0n) is 29.1. The largest absolute Gasteiger partial charge is 0.496 e. The van der Waals surface area contributed by atoms with Crippen LogP contribution in [0.25, 0.3) is 11.0 Å². The Bertz CT molecular complexity index is 1490. The first-order chi connectivity index (χ1) is 23.7. The molecule has 1 aliphatic heterocycles. The van der Waals surface area contributed by atoms with Crippen LogP contribution in [0.4, 0.5) is 11.8 Å². The molecule has 2 atom stereocenters. The average Bonchev–Trinajstić information content (AvgIpc) is 3.49. The minimum atomic E-state index is -0.994. The van der Waals surface area contributed by atoms with E-state index in [4.69, 9.17) is 21.3 Å². The van der Waals surface area contributed by atoms with Gasteiger partial charge in [-0.15, -0.1) is 0 Å². The molecule has 0 radical (unpaired) electrons. The standard InChI is InChI=1S/C35H55N9O5/c1-3-4-6-16-39-33-32-28(40-35(37)41-33)14-17-44(32)24-26-13-12-25(22-29(26)49-2)23-42-18-20-43(21-19-42)31(46)11-8-10-30(45)38-15-7-5-9-27(36)34(47)48/h12-14,17,22,27,30,38,45H,3-11,15-16,18-21,23-24,36H2,1-2H3,(H,47,48)(H3,37,39,40,41)/t27-,30?/m1/s1. The maximum absolute atomic E-state index is 12.8. The molecule has 0 spiro atoms. The molecule has 3 heterocycles. The summed E-state index contributed by atoms with van der Waals surface area (Å²) >= 11 is 0. The van der Waals surface area contributed by atoms with Crippen LogP contribution in [0.15, 0.2) is 30.5 Å². The minimum Gasteiger partial charge on any atom is -0.496 e. The molecule has 8 N–H and O–H groups in total. The predicted octanol–water partition coefficient (Wildman–Crippen LogP) is 2.98. The number of hydrogen-bond donors (Lipinski definition) is 6. The number of aliphatic hydroxyl groups is 1. The Kier molecular flexibility index (Phi) is 14.9. The van der Waals surface area contributed by atoms with E-state index in [2.05, 4.69) is 55.2 Å². The number of amides is 1. The van der Waals surface area contributed by atoms with Crippen LogP contribution in [-0.2, 0) is 22.7 Å². The van der Waals surface area contributed by atoms with Crippen molar-refractivity contribution in [3.05, 3.63) is 41.6 Å². The molecule has 1 aromatic carbocycles. The quantitative estimate of drug-likeness (QED) is 0.0711. The smallest absolute Gasteiger partial charge is 0.320 e. The number of carbonyl (C=O) groups is 2. The van der Waals surface area contributed by atoms with E-state index in [0.29, 0.717) is 58.3 Å². The second-order valence-corrected chi connectivity index (χ2v) is 12.8. The average molecular weight is 682 g/mol. The van der Waals surface area contributed by atoms with Crippen LogP contribution in [0.3, 0.4) is 0 Å². The van der Waals surface area contributed by atoms with Crippen molar-refractivity contribution in [1.82, 2.24) is 29.7 Å². The number of piperazine rings is 1. The molecule has 0 bridgehead atoms. The number of anilines is 2. The summed E-state index contributed by atoms with van der Waals surface area (Å²) in [6.45, 7) is 7.88. The van der Waals surface area contributed by atoms with Gasteiger partial charge in [0.25, 0.3) is 0 Å². The summed E-state index contributed by atoms with van der Waals surface area (Å²) < 4.78 is 7.96. The van der Waals surface area contributed by atoms with Gasteiger partial charge in [0.05, 0.1) is 19.2 Å². The molecule has 0 saturated carbocycles. The second kappa shape index (κ2) is 19.3. The lowest BCUT2D eigenvalue weighted by atomic mass is 10.1. The van der Waals surface area contributed by atoms with Crippen LogP contribution < -0.4 is 26.8 Å². The van der Waals surface area contributed by atoms with E-state index in [1.165, 1.54) is 0 Å². The number of aliphatic carboxylic acids is 1. The predicted molar refractivity (Wildman–Crippen MR) is 191 cm³/mol. The minimum absolute atomic E-state index is 0.116. The molecule has 1 saturated heterocycles. The number of aromatic nitrogens is 3. The Morgan fingerprint density at radius 3 is 2.51 bits per heavy atom. The molecule has 14 nitrogen and oxygen atoms in total. The summed E-state index contributed by atoms with van der Waals surface area (Å²) in [5.41, 5.74) is 15.4. The molecule has 270 valence electrons. The fraction of sp³-hybridized carbons (Fsp3) is 0.600. The summed E-state index contributed by atoms with van der Waals surface area (Å²) in [4.78, 5) is 36.8. The van der Waals surface area contributed by atoms with Crippen LogP contribution in [-0.4, -0.2) is 105 Å². The Morgan fingerprint density at radius 1 is 1.00 bits per heavy atom. The normalized spacial score (nSPS) is 15.0. The fourth-order valence-electron chi connectivity index (χ4n) is 6.16. The molecule has 4 rings (SSSR count). The second-order valence-electron chi connectivity index (χ2n) is 12.8. The van der Waals surface area contributed by atoms with E-state index in [1.807, 2.05) is 17.2 Å². The van der Waals surface area contributed by atoms with E-state index in [9.17, 15) is 14.7 Å². The van der Waals surface area contributed by atoms with Crippen molar-refractivity contribution in [3.8, 4) is 5.75 Å². The SMILES string of the molecule is CCCCCNc1nc(N)nc2ccn(Cc3ccc(CN4CCN(C(=O)CCCC(O)NCCCC[C@@H](N)C(=O)O)CC4)cc3OC)c12. The molecule has 1 amide bonds. The number of hydrogen-bond acceptors (Lipinski definition) is 11. The van der Waals surface area contributed by atoms with E-state index in [0.717, 1.165) is 85.6 Å². The lowest BCUT2D eigenvalue weighted by Crippen LogP contribution is -2.48. The van der Waals surface area contributed by atoms with Crippen molar-refractivity contribution in [1.29, 1.82) is 0 Å². The summed E-state index contributed by atoms with van der Waals surface area (Å²) in [5, 5.41) is 25.5. The van der Waals surface area contributed by atoms with Crippen LogP contribution in [0.5, 0.6) is 5.75 Å².